The predicted octanol–water partition coefficient (Wildman–Crippen LogP) is 4.47. The maximum atomic E-state index is 11.9. The summed E-state index contributed by atoms with van der Waals surface area (Å²) in [5.41, 5.74) is -0.331. The molecule has 0 bridgehead atoms. The van der Waals surface area contributed by atoms with E-state index in [1.165, 1.54) is 0 Å². The first-order valence-electron chi connectivity index (χ1n) is 13.2. The molecule has 184 valence electrons. The largest absolute Gasteiger partial charge is 0.481 e. The van der Waals surface area contributed by atoms with Gasteiger partial charge in [0.05, 0.1) is 18.3 Å². The number of aliphatic hydroxyl groups is 3. The Morgan fingerprint density at radius 1 is 1.03 bits per heavy atom. The van der Waals surface area contributed by atoms with Crippen LogP contribution in [0.15, 0.2) is 0 Å². The van der Waals surface area contributed by atoms with E-state index in [1.807, 2.05) is 0 Å². The molecule has 4 fully saturated rings. The zero-order valence-corrected chi connectivity index (χ0v) is 20.8. The first kappa shape index (κ1) is 24.5. The van der Waals surface area contributed by atoms with E-state index < -0.39 is 18.2 Å². The van der Waals surface area contributed by atoms with Crippen molar-refractivity contribution in [1.29, 1.82) is 0 Å². The summed E-state index contributed by atoms with van der Waals surface area (Å²) < 4.78 is 0. The third kappa shape index (κ3) is 3.32. The fourth-order valence-corrected chi connectivity index (χ4v) is 10.1. The predicted molar refractivity (Wildman–Crippen MR) is 124 cm³/mol. The summed E-state index contributed by atoms with van der Waals surface area (Å²) in [6.07, 6.45) is 5.82. The van der Waals surface area contributed by atoms with Gasteiger partial charge in [0.1, 0.15) is 0 Å². The second kappa shape index (κ2) is 8.23. The van der Waals surface area contributed by atoms with Crippen LogP contribution in [0.4, 0.5) is 0 Å². The van der Waals surface area contributed by atoms with Crippen molar-refractivity contribution < 1.29 is 25.2 Å². The maximum Gasteiger partial charge on any atom is 0.303 e. The SMILES string of the molecule is CC[C@H]1[C@@H](O)C2C3CC[C@H]([C@H](C)CCC(=O)O)[C@@]3(C)C[C@H](O)C2[C@@]2(C)CC[C@@H](O)C[C@@]12C. The minimum Gasteiger partial charge on any atom is -0.481 e. The standard InChI is InChI=1S/C27H46O5/c1-6-17-24(32)22-19-9-8-18(15(2)7-10-21(30)31)25(19,3)14-20(29)23(22)26(4)12-11-16(28)13-27(17,26)5/h15-20,22-24,28-29,32H,6-14H2,1-5H3,(H,30,31)/t15-,16-,17+,18-,19?,20+,22?,23?,24-,25-,26-,27+/m1/s1. The quantitative estimate of drug-likeness (QED) is 0.495. The molecular weight excluding hydrogens is 404 g/mol. The van der Waals surface area contributed by atoms with Crippen LogP contribution in [0.25, 0.3) is 0 Å². The van der Waals surface area contributed by atoms with Crippen LogP contribution < -0.4 is 0 Å². The first-order valence-corrected chi connectivity index (χ1v) is 13.2. The molecule has 12 atom stereocenters. The zero-order chi connectivity index (χ0) is 23.6. The summed E-state index contributed by atoms with van der Waals surface area (Å²) in [5, 5.41) is 43.4. The van der Waals surface area contributed by atoms with E-state index in [1.54, 1.807) is 0 Å². The van der Waals surface area contributed by atoms with Crippen LogP contribution in [0.2, 0.25) is 0 Å². The van der Waals surface area contributed by atoms with Crippen LogP contribution in [-0.4, -0.2) is 44.7 Å². The number of aliphatic hydroxyl groups excluding tert-OH is 3. The molecule has 0 radical (unpaired) electrons. The van der Waals surface area contributed by atoms with Crippen molar-refractivity contribution >= 4 is 5.97 Å². The lowest BCUT2D eigenvalue weighted by Gasteiger charge is -2.70. The molecule has 5 heteroatoms. The van der Waals surface area contributed by atoms with Gasteiger partial charge in [-0.3, -0.25) is 4.79 Å². The maximum absolute atomic E-state index is 11.9. The minimum absolute atomic E-state index is 0.0592. The van der Waals surface area contributed by atoms with Crippen LogP contribution in [0.3, 0.4) is 0 Å². The molecule has 4 N–H and O–H groups in total. The van der Waals surface area contributed by atoms with Gasteiger partial charge in [0.25, 0.3) is 0 Å². The van der Waals surface area contributed by atoms with Gasteiger partial charge in [-0.15, -0.1) is 0 Å². The first-order chi connectivity index (χ1) is 14.9. The highest BCUT2D eigenvalue weighted by Crippen LogP contribution is 2.72. The Hall–Kier alpha value is -0.650. The molecule has 0 aromatic heterocycles. The summed E-state index contributed by atoms with van der Waals surface area (Å²) in [6.45, 7) is 11.3. The zero-order valence-electron chi connectivity index (χ0n) is 20.8. The lowest BCUT2D eigenvalue weighted by atomic mass is 9.36. The second-order valence-electron chi connectivity index (χ2n) is 12.8. The van der Waals surface area contributed by atoms with Gasteiger partial charge >= 0.3 is 5.97 Å². The van der Waals surface area contributed by atoms with Crippen LogP contribution in [0.5, 0.6) is 0 Å². The van der Waals surface area contributed by atoms with Gasteiger partial charge in [0.2, 0.25) is 0 Å². The monoisotopic (exact) mass is 450 g/mol. The van der Waals surface area contributed by atoms with Gasteiger partial charge in [0.15, 0.2) is 0 Å². The Morgan fingerprint density at radius 3 is 2.34 bits per heavy atom. The van der Waals surface area contributed by atoms with E-state index in [-0.39, 0.29) is 46.5 Å². The van der Waals surface area contributed by atoms with Gasteiger partial charge in [-0.1, -0.05) is 41.0 Å². The van der Waals surface area contributed by atoms with Gasteiger partial charge in [0, 0.05) is 6.42 Å². The molecule has 0 spiro atoms. The van der Waals surface area contributed by atoms with E-state index in [4.69, 9.17) is 0 Å². The number of fused-ring (bicyclic) bond motifs is 5. The van der Waals surface area contributed by atoms with Gasteiger partial charge in [-0.05, 0) is 96.7 Å². The summed E-state index contributed by atoms with van der Waals surface area (Å²) in [7, 11) is 0. The average molecular weight is 451 g/mol. The normalized spacial score (nSPS) is 53.8. The topological polar surface area (TPSA) is 98.0 Å². The Bertz CT molecular complexity index is 725. The number of aliphatic carboxylic acids is 1. The fourth-order valence-electron chi connectivity index (χ4n) is 10.1. The van der Waals surface area contributed by atoms with Crippen LogP contribution in [0, 0.1) is 51.8 Å². The molecule has 0 aromatic carbocycles. The van der Waals surface area contributed by atoms with Crippen LogP contribution >= 0.6 is 0 Å². The molecule has 0 aromatic rings. The highest BCUT2D eigenvalue weighted by Gasteiger charge is 2.70. The molecular formula is C27H46O5. The Morgan fingerprint density at radius 2 is 1.72 bits per heavy atom. The van der Waals surface area contributed by atoms with E-state index >= 15 is 0 Å². The summed E-state index contributed by atoms with van der Waals surface area (Å²) in [6, 6.07) is 0. The second-order valence-corrected chi connectivity index (χ2v) is 12.8. The Balaban J connectivity index is 1.70. The van der Waals surface area contributed by atoms with Crippen molar-refractivity contribution in [1.82, 2.24) is 0 Å². The van der Waals surface area contributed by atoms with Gasteiger partial charge in [-0.2, -0.15) is 0 Å². The van der Waals surface area contributed by atoms with Crippen molar-refractivity contribution in [3.8, 4) is 0 Å². The summed E-state index contributed by atoms with van der Waals surface area (Å²) in [4.78, 5) is 11.2. The number of carboxylic acid groups (broad SMARTS) is 1. The van der Waals surface area contributed by atoms with E-state index in [0.717, 1.165) is 38.5 Å². The van der Waals surface area contributed by atoms with E-state index in [0.29, 0.717) is 30.6 Å². The lowest BCUT2D eigenvalue weighted by molar-refractivity contribution is -0.268. The van der Waals surface area contributed by atoms with Crippen molar-refractivity contribution in [2.75, 3.05) is 0 Å². The lowest BCUT2D eigenvalue weighted by Crippen LogP contribution is -2.69. The third-order valence-corrected chi connectivity index (χ3v) is 11.7. The molecule has 4 rings (SSSR count). The Labute approximate surface area is 194 Å². The Kier molecular flexibility index (Phi) is 6.30. The van der Waals surface area contributed by atoms with Crippen LogP contribution in [0.1, 0.15) is 92.4 Å². The average Bonchev–Trinajstić information content (AvgIpc) is 3.04. The summed E-state index contributed by atoms with van der Waals surface area (Å²) >= 11 is 0. The fraction of sp³-hybridized carbons (Fsp3) is 0.963. The molecule has 5 nitrogen and oxygen atoms in total. The van der Waals surface area contributed by atoms with Crippen LogP contribution in [-0.2, 0) is 4.79 Å². The molecule has 4 saturated carbocycles. The number of rotatable bonds is 5. The molecule has 0 amide bonds. The third-order valence-electron chi connectivity index (χ3n) is 11.7. The number of hydrogen-bond donors (Lipinski definition) is 4. The van der Waals surface area contributed by atoms with Gasteiger partial charge in [-0.25, -0.2) is 0 Å². The van der Waals surface area contributed by atoms with Gasteiger partial charge < -0.3 is 20.4 Å². The molecule has 0 heterocycles. The molecule has 3 unspecified atom stereocenters. The van der Waals surface area contributed by atoms with Crippen molar-refractivity contribution in [3.63, 3.8) is 0 Å². The van der Waals surface area contributed by atoms with E-state index in [9.17, 15) is 25.2 Å². The minimum atomic E-state index is -0.736. The van der Waals surface area contributed by atoms with Crippen molar-refractivity contribution in [2.45, 2.75) is 111 Å². The number of carboxylic acids is 1. The van der Waals surface area contributed by atoms with Crippen molar-refractivity contribution in [2.24, 2.45) is 51.8 Å². The van der Waals surface area contributed by atoms with Crippen molar-refractivity contribution in [3.05, 3.63) is 0 Å². The molecule has 0 aliphatic heterocycles. The summed E-state index contributed by atoms with van der Waals surface area (Å²) in [5.74, 6) is 0.595. The number of hydrogen-bond acceptors (Lipinski definition) is 4. The number of carbonyl (C=O) groups is 1. The highest BCUT2D eigenvalue weighted by atomic mass is 16.4. The molecule has 4 aliphatic carbocycles. The smallest absolute Gasteiger partial charge is 0.303 e. The molecule has 4 aliphatic rings. The molecule has 32 heavy (non-hydrogen) atoms. The van der Waals surface area contributed by atoms with E-state index in [2.05, 4.69) is 34.6 Å². The molecule has 0 saturated heterocycles. The highest BCUT2D eigenvalue weighted by molar-refractivity contribution is 5.66.